The molecule has 0 bridgehead atoms. The van der Waals surface area contributed by atoms with Crippen LogP contribution in [-0.2, 0) is 30.9 Å². The molecule has 0 aliphatic carbocycles. The molecule has 0 saturated heterocycles. The molecule has 1 unspecified atom stereocenters. The number of carbonyl (C=O) groups is 2. The van der Waals surface area contributed by atoms with Crippen LogP contribution in [0.1, 0.15) is 58.6 Å². The highest BCUT2D eigenvalue weighted by Crippen LogP contribution is 2.36. The number of aliphatic hydroxyl groups excluding tert-OH is 1. The second-order valence-corrected chi connectivity index (χ2v) is 8.68. The van der Waals surface area contributed by atoms with E-state index in [-0.39, 0.29) is 18.3 Å². The summed E-state index contributed by atoms with van der Waals surface area (Å²) in [5.41, 5.74) is -0.815. The van der Waals surface area contributed by atoms with Crippen LogP contribution in [0.4, 0.5) is 8.78 Å². The molecule has 5 nitrogen and oxygen atoms in total. The van der Waals surface area contributed by atoms with Gasteiger partial charge in [-0.05, 0) is 51.7 Å². The fourth-order valence-corrected chi connectivity index (χ4v) is 2.95. The van der Waals surface area contributed by atoms with E-state index in [0.717, 1.165) is 5.56 Å². The monoisotopic (exact) mass is 414 g/mol. The number of hydrogen-bond donors (Lipinski definition) is 1. The number of hydrogen-bond acceptors (Lipinski definition) is 5. The Morgan fingerprint density at radius 3 is 2.28 bits per heavy atom. The van der Waals surface area contributed by atoms with Gasteiger partial charge in [-0.25, -0.2) is 8.78 Å². The maximum Gasteiger partial charge on any atom is 0.316 e. The van der Waals surface area contributed by atoms with Crippen molar-refractivity contribution < 1.29 is 33.0 Å². The summed E-state index contributed by atoms with van der Waals surface area (Å²) < 4.78 is 37.7. The lowest BCUT2D eigenvalue weighted by Gasteiger charge is -2.33. The quantitative estimate of drug-likeness (QED) is 0.618. The first-order valence-electron chi connectivity index (χ1n) is 9.63. The molecule has 1 rings (SSSR count). The largest absolute Gasteiger partial charge is 0.469 e. The van der Waals surface area contributed by atoms with E-state index in [2.05, 4.69) is 0 Å². The van der Waals surface area contributed by atoms with Gasteiger partial charge in [-0.2, -0.15) is 0 Å². The molecule has 0 radical (unpaired) electrons. The second kappa shape index (κ2) is 9.65. The Hall–Kier alpha value is -2.02. The zero-order chi connectivity index (χ0) is 22.5. The molecular weight excluding hydrogens is 382 g/mol. The number of halogens is 2. The molecule has 0 amide bonds. The zero-order valence-electron chi connectivity index (χ0n) is 18.1. The summed E-state index contributed by atoms with van der Waals surface area (Å²) in [6.07, 6.45) is -0.481. The van der Waals surface area contributed by atoms with Crippen molar-refractivity contribution in [2.45, 2.75) is 70.8 Å². The molecule has 2 atom stereocenters. The Kier molecular flexibility index (Phi) is 8.33. The zero-order valence-corrected chi connectivity index (χ0v) is 18.1. The van der Waals surface area contributed by atoms with Crippen molar-refractivity contribution in [3.05, 3.63) is 35.4 Å². The standard InChI is InChI=1S/C22H32F2O5/c1-15(18(26)28-6)12-16-8-7-9-17(13-16)21(5,10-11-22(23,24)14-25)19(27)29-20(2,3)4/h7-9,13,15,25H,10-12,14H2,1-6H3/t15-,21?/m0/s1. The van der Waals surface area contributed by atoms with Crippen molar-refractivity contribution in [2.75, 3.05) is 13.7 Å². The van der Waals surface area contributed by atoms with Crippen LogP contribution in [0, 0.1) is 5.92 Å². The molecule has 1 aromatic rings. The van der Waals surface area contributed by atoms with Crippen LogP contribution >= 0.6 is 0 Å². The highest BCUT2D eigenvalue weighted by atomic mass is 19.3. The average molecular weight is 414 g/mol. The number of aliphatic hydroxyl groups is 1. The SMILES string of the molecule is COC(=O)[C@@H](C)Cc1cccc(C(C)(CCC(F)(F)CO)C(=O)OC(C)(C)C)c1. The topological polar surface area (TPSA) is 72.8 Å². The summed E-state index contributed by atoms with van der Waals surface area (Å²) in [5.74, 6) is -4.65. The molecule has 0 heterocycles. The number of ether oxygens (including phenoxy) is 2. The summed E-state index contributed by atoms with van der Waals surface area (Å²) in [7, 11) is 1.32. The van der Waals surface area contributed by atoms with Gasteiger partial charge in [0.1, 0.15) is 12.2 Å². The number of methoxy groups -OCH3 is 1. The summed E-state index contributed by atoms with van der Waals surface area (Å²) in [6.45, 7) is 7.14. The number of carbonyl (C=O) groups excluding carboxylic acids is 2. The molecule has 1 aromatic carbocycles. The summed E-state index contributed by atoms with van der Waals surface area (Å²) in [5, 5.41) is 8.90. The third kappa shape index (κ3) is 7.38. The van der Waals surface area contributed by atoms with Crippen LogP contribution in [0.25, 0.3) is 0 Å². The van der Waals surface area contributed by atoms with Gasteiger partial charge >= 0.3 is 11.9 Å². The average Bonchev–Trinajstić information content (AvgIpc) is 2.64. The molecule has 0 spiro atoms. The van der Waals surface area contributed by atoms with Crippen LogP contribution < -0.4 is 0 Å². The normalized spacial score (nSPS) is 15.3. The molecule has 0 aromatic heterocycles. The van der Waals surface area contributed by atoms with Gasteiger partial charge in [0, 0.05) is 6.42 Å². The molecule has 0 saturated carbocycles. The Balaban J connectivity index is 3.26. The number of rotatable bonds is 9. The van der Waals surface area contributed by atoms with E-state index < -0.39 is 35.9 Å². The molecule has 29 heavy (non-hydrogen) atoms. The van der Waals surface area contributed by atoms with Gasteiger partial charge < -0.3 is 14.6 Å². The highest BCUT2D eigenvalue weighted by Gasteiger charge is 2.42. The third-order valence-electron chi connectivity index (χ3n) is 4.78. The Morgan fingerprint density at radius 1 is 1.14 bits per heavy atom. The van der Waals surface area contributed by atoms with Crippen LogP contribution in [-0.4, -0.2) is 42.3 Å². The van der Waals surface area contributed by atoms with E-state index in [1.54, 1.807) is 58.9 Å². The van der Waals surface area contributed by atoms with Gasteiger partial charge in [0.05, 0.1) is 18.4 Å². The highest BCUT2D eigenvalue weighted by molar-refractivity contribution is 5.83. The number of benzene rings is 1. The Bertz CT molecular complexity index is 711. The predicted octanol–water partition coefficient (Wildman–Crippen LogP) is 4.05. The van der Waals surface area contributed by atoms with Crippen LogP contribution in [0.2, 0.25) is 0 Å². The maximum atomic E-state index is 13.7. The van der Waals surface area contributed by atoms with E-state index >= 15 is 0 Å². The van der Waals surface area contributed by atoms with E-state index in [9.17, 15) is 18.4 Å². The van der Waals surface area contributed by atoms with E-state index in [1.165, 1.54) is 7.11 Å². The summed E-state index contributed by atoms with van der Waals surface area (Å²) in [6, 6.07) is 6.95. The molecular formula is C22H32F2O5. The number of esters is 2. The third-order valence-corrected chi connectivity index (χ3v) is 4.78. The summed E-state index contributed by atoms with van der Waals surface area (Å²) in [4.78, 5) is 24.7. The summed E-state index contributed by atoms with van der Waals surface area (Å²) >= 11 is 0. The first-order chi connectivity index (χ1) is 13.2. The van der Waals surface area contributed by atoms with Crippen molar-refractivity contribution in [1.82, 2.24) is 0 Å². The first kappa shape index (κ1) is 25.0. The lowest BCUT2D eigenvalue weighted by molar-refractivity contribution is -0.163. The van der Waals surface area contributed by atoms with Gasteiger partial charge in [0.15, 0.2) is 0 Å². The minimum absolute atomic E-state index is 0.203. The van der Waals surface area contributed by atoms with E-state index in [0.29, 0.717) is 12.0 Å². The lowest BCUT2D eigenvalue weighted by Crippen LogP contribution is -2.40. The Morgan fingerprint density at radius 2 is 1.76 bits per heavy atom. The van der Waals surface area contributed by atoms with Crippen molar-refractivity contribution in [3.8, 4) is 0 Å². The molecule has 0 aliphatic rings. The smallest absolute Gasteiger partial charge is 0.316 e. The van der Waals surface area contributed by atoms with Crippen LogP contribution in [0.5, 0.6) is 0 Å². The molecule has 1 N–H and O–H groups in total. The van der Waals surface area contributed by atoms with Gasteiger partial charge in [0.2, 0.25) is 0 Å². The van der Waals surface area contributed by atoms with E-state index in [1.807, 2.05) is 0 Å². The predicted molar refractivity (Wildman–Crippen MR) is 106 cm³/mol. The fraction of sp³-hybridized carbons (Fsp3) is 0.636. The second-order valence-electron chi connectivity index (χ2n) is 8.68. The molecule has 0 fully saturated rings. The van der Waals surface area contributed by atoms with Crippen molar-refractivity contribution in [1.29, 1.82) is 0 Å². The van der Waals surface area contributed by atoms with Gasteiger partial charge in [0.25, 0.3) is 5.92 Å². The Labute approximate surface area is 171 Å². The van der Waals surface area contributed by atoms with E-state index in [4.69, 9.17) is 14.6 Å². The van der Waals surface area contributed by atoms with Gasteiger partial charge in [-0.1, -0.05) is 31.2 Å². The minimum Gasteiger partial charge on any atom is -0.469 e. The van der Waals surface area contributed by atoms with Crippen LogP contribution in [0.3, 0.4) is 0 Å². The molecule has 7 heteroatoms. The lowest BCUT2D eigenvalue weighted by atomic mass is 9.76. The molecule has 0 aliphatic heterocycles. The van der Waals surface area contributed by atoms with Crippen molar-refractivity contribution in [2.24, 2.45) is 5.92 Å². The fourth-order valence-electron chi connectivity index (χ4n) is 2.95. The molecule has 164 valence electrons. The van der Waals surface area contributed by atoms with Gasteiger partial charge in [-0.15, -0.1) is 0 Å². The van der Waals surface area contributed by atoms with Crippen molar-refractivity contribution >= 4 is 11.9 Å². The maximum absolute atomic E-state index is 13.7. The first-order valence-corrected chi connectivity index (χ1v) is 9.63. The van der Waals surface area contributed by atoms with Gasteiger partial charge in [-0.3, -0.25) is 9.59 Å². The van der Waals surface area contributed by atoms with Crippen LogP contribution in [0.15, 0.2) is 24.3 Å². The minimum atomic E-state index is -3.29. The number of alkyl halides is 2. The van der Waals surface area contributed by atoms with Crippen molar-refractivity contribution in [3.63, 3.8) is 0 Å².